The van der Waals surface area contributed by atoms with Gasteiger partial charge in [0.05, 0.1) is 16.6 Å². The number of hydrogen-bond donors (Lipinski definition) is 1. The van der Waals surface area contributed by atoms with Gasteiger partial charge in [-0.25, -0.2) is 9.97 Å². The summed E-state index contributed by atoms with van der Waals surface area (Å²) in [6.07, 6.45) is 6.52. The van der Waals surface area contributed by atoms with Crippen molar-refractivity contribution in [2.75, 3.05) is 31.9 Å². The summed E-state index contributed by atoms with van der Waals surface area (Å²) in [5.41, 5.74) is 12.8. The summed E-state index contributed by atoms with van der Waals surface area (Å²) in [7, 11) is 0. The number of nitrogens with zero attached hydrogens (tertiary/aromatic N) is 5. The third kappa shape index (κ3) is 4.11. The first-order valence-corrected chi connectivity index (χ1v) is 15.0. The fourth-order valence-corrected chi connectivity index (χ4v) is 7.35. The van der Waals surface area contributed by atoms with Crippen molar-refractivity contribution in [3.05, 3.63) is 84.6 Å². The lowest BCUT2D eigenvalue weighted by atomic mass is 9.98. The van der Waals surface area contributed by atoms with E-state index in [-0.39, 0.29) is 17.7 Å². The topological polar surface area (TPSA) is 97.4 Å². The van der Waals surface area contributed by atoms with Crippen LogP contribution in [-0.2, 0) is 9.59 Å². The maximum absolute atomic E-state index is 13.3. The number of likely N-dealkylation sites (tertiary alicyclic amines) is 2. The Hall–Kier alpha value is -4.46. The first-order valence-electron chi connectivity index (χ1n) is 15.0. The van der Waals surface area contributed by atoms with Crippen LogP contribution in [0, 0.1) is 17.8 Å². The summed E-state index contributed by atoms with van der Waals surface area (Å²) in [5, 5.41) is 0. The molecule has 212 valence electrons. The van der Waals surface area contributed by atoms with E-state index in [4.69, 9.17) is 10.7 Å². The molecule has 8 nitrogen and oxygen atoms in total. The van der Waals surface area contributed by atoms with Gasteiger partial charge in [-0.15, -0.1) is 0 Å². The van der Waals surface area contributed by atoms with E-state index in [9.17, 15) is 9.59 Å². The van der Waals surface area contributed by atoms with Crippen molar-refractivity contribution in [2.45, 2.75) is 31.1 Å². The van der Waals surface area contributed by atoms with Gasteiger partial charge in [0.2, 0.25) is 11.8 Å². The highest BCUT2D eigenvalue weighted by molar-refractivity contribution is 5.89. The van der Waals surface area contributed by atoms with Gasteiger partial charge in [0.15, 0.2) is 0 Å². The van der Waals surface area contributed by atoms with Crippen molar-refractivity contribution in [2.24, 2.45) is 17.8 Å². The molecule has 42 heavy (non-hydrogen) atoms. The molecule has 0 spiro atoms. The quantitative estimate of drug-likeness (QED) is 0.345. The van der Waals surface area contributed by atoms with Crippen LogP contribution in [0.3, 0.4) is 0 Å². The van der Waals surface area contributed by atoms with E-state index in [0.29, 0.717) is 42.6 Å². The van der Waals surface area contributed by atoms with Crippen molar-refractivity contribution in [1.29, 1.82) is 0 Å². The highest BCUT2D eigenvalue weighted by Gasteiger charge is 2.61. The lowest BCUT2D eigenvalue weighted by Crippen LogP contribution is -2.36. The lowest BCUT2D eigenvalue weighted by Gasteiger charge is -2.21. The monoisotopic (exact) mass is 558 g/mol. The molecule has 2 aliphatic carbocycles. The molecule has 2 amide bonds. The molecule has 4 aliphatic rings. The second-order valence-corrected chi connectivity index (χ2v) is 12.4. The van der Waals surface area contributed by atoms with E-state index >= 15 is 0 Å². The Morgan fingerprint density at radius 2 is 1.67 bits per heavy atom. The van der Waals surface area contributed by atoms with Crippen LogP contribution in [0.1, 0.15) is 42.2 Å². The maximum Gasteiger partial charge on any atom is 0.245 e. The standard InChI is InChI=1S/C34H34N6O2/c1-2-30(41)39-18-26-27(19-39)31(26)34(42)38-15-13-23(17-38)21-7-10-24(11-8-21)40-29-16-22(20-5-6-20)9-12-28(29)37-33(40)25-4-3-14-36-32(25)35/h2-4,7-12,14,16,20,23,26-27,31H,1,5-6,13,15,17-19H2,(H2,35,36)/t23-,26+,27?,31?/m1/s1. The first-order chi connectivity index (χ1) is 20.5. The van der Waals surface area contributed by atoms with Crippen LogP contribution in [-0.4, -0.2) is 62.3 Å². The molecule has 2 unspecified atom stereocenters. The number of rotatable bonds is 6. The minimum Gasteiger partial charge on any atom is -0.383 e. The van der Waals surface area contributed by atoms with Gasteiger partial charge in [-0.1, -0.05) is 24.8 Å². The van der Waals surface area contributed by atoms with Crippen molar-refractivity contribution >= 4 is 28.7 Å². The smallest absolute Gasteiger partial charge is 0.245 e. The zero-order valence-corrected chi connectivity index (χ0v) is 23.5. The summed E-state index contributed by atoms with van der Waals surface area (Å²) < 4.78 is 2.20. The number of pyridine rings is 1. The van der Waals surface area contributed by atoms with Crippen molar-refractivity contribution in [1.82, 2.24) is 24.3 Å². The SMILES string of the molecule is C=CC(=O)N1CC2C(C(=O)N3CC[C@@H](c4ccc(-n5c(-c6cccnc6N)nc6ccc(C7CC7)cc65)cc4)C3)[C@H]2C1. The number of imidazole rings is 1. The Labute approximate surface area is 244 Å². The average Bonchev–Trinajstić information content (AvgIpc) is 3.80. The molecule has 0 bridgehead atoms. The molecule has 2 N–H and O–H groups in total. The number of benzene rings is 2. The van der Waals surface area contributed by atoms with Gasteiger partial charge in [-0.05, 0) is 90.6 Å². The first kappa shape index (κ1) is 25.3. The average molecular weight is 559 g/mol. The second kappa shape index (κ2) is 9.54. The molecular weight excluding hydrogens is 524 g/mol. The van der Waals surface area contributed by atoms with Crippen LogP contribution < -0.4 is 5.73 Å². The minimum absolute atomic E-state index is 0.0267. The van der Waals surface area contributed by atoms with Gasteiger partial charge in [-0.2, -0.15) is 0 Å². The molecule has 8 rings (SSSR count). The highest BCUT2D eigenvalue weighted by Crippen LogP contribution is 2.53. The van der Waals surface area contributed by atoms with Crippen LogP contribution in [0.2, 0.25) is 0 Å². The van der Waals surface area contributed by atoms with Crippen molar-refractivity contribution in [3.8, 4) is 17.1 Å². The van der Waals surface area contributed by atoms with E-state index in [1.165, 1.54) is 30.0 Å². The zero-order chi connectivity index (χ0) is 28.5. The summed E-state index contributed by atoms with van der Waals surface area (Å²) in [5.74, 6) is 3.15. The third-order valence-electron chi connectivity index (χ3n) is 9.89. The molecule has 2 aliphatic heterocycles. The Kier molecular flexibility index (Phi) is 5.74. The van der Waals surface area contributed by atoms with Gasteiger partial charge >= 0.3 is 0 Å². The number of anilines is 1. The summed E-state index contributed by atoms with van der Waals surface area (Å²) in [4.78, 5) is 38.5. The summed E-state index contributed by atoms with van der Waals surface area (Å²) in [6, 6.07) is 19.2. The summed E-state index contributed by atoms with van der Waals surface area (Å²) in [6.45, 7) is 6.49. The Morgan fingerprint density at radius 1 is 0.905 bits per heavy atom. The van der Waals surface area contributed by atoms with Crippen LogP contribution in [0.4, 0.5) is 5.82 Å². The number of carbonyl (C=O) groups excluding carboxylic acids is 2. The van der Waals surface area contributed by atoms with Gasteiger partial charge in [-0.3, -0.25) is 14.2 Å². The number of aromatic nitrogens is 3. The van der Waals surface area contributed by atoms with Crippen LogP contribution in [0.5, 0.6) is 0 Å². The van der Waals surface area contributed by atoms with Crippen LogP contribution >= 0.6 is 0 Å². The molecule has 2 aromatic carbocycles. The molecule has 8 heteroatoms. The predicted molar refractivity (Wildman–Crippen MR) is 162 cm³/mol. The number of piperidine rings is 1. The van der Waals surface area contributed by atoms with E-state index in [2.05, 4.69) is 58.6 Å². The third-order valence-corrected chi connectivity index (χ3v) is 9.89. The van der Waals surface area contributed by atoms with E-state index < -0.39 is 0 Å². The van der Waals surface area contributed by atoms with Gasteiger partial charge < -0.3 is 15.5 Å². The van der Waals surface area contributed by atoms with Gasteiger partial charge in [0.1, 0.15) is 11.6 Å². The predicted octanol–water partition coefficient (Wildman–Crippen LogP) is 4.75. The molecule has 4 heterocycles. The van der Waals surface area contributed by atoms with Crippen LogP contribution in [0.25, 0.3) is 28.1 Å². The van der Waals surface area contributed by atoms with Gasteiger partial charge in [0.25, 0.3) is 0 Å². The number of carbonyl (C=O) groups is 2. The largest absolute Gasteiger partial charge is 0.383 e. The second-order valence-electron chi connectivity index (χ2n) is 12.4. The highest BCUT2D eigenvalue weighted by atomic mass is 16.2. The molecule has 4 fully saturated rings. The normalized spacial score (nSPS) is 24.7. The number of fused-ring (bicyclic) bond motifs is 2. The van der Waals surface area contributed by atoms with E-state index in [1.54, 1.807) is 6.20 Å². The maximum atomic E-state index is 13.3. The Balaban J connectivity index is 1.03. The molecule has 2 aromatic heterocycles. The van der Waals surface area contributed by atoms with Crippen molar-refractivity contribution in [3.63, 3.8) is 0 Å². The van der Waals surface area contributed by atoms with Crippen LogP contribution in [0.15, 0.2) is 73.4 Å². The molecule has 4 aromatic rings. The lowest BCUT2D eigenvalue weighted by molar-refractivity contribution is -0.134. The van der Waals surface area contributed by atoms with Crippen molar-refractivity contribution < 1.29 is 9.59 Å². The fourth-order valence-electron chi connectivity index (χ4n) is 7.35. The number of amides is 2. The van der Waals surface area contributed by atoms with Gasteiger partial charge in [0, 0.05) is 49.9 Å². The molecular formula is C34H34N6O2. The minimum atomic E-state index is -0.0267. The number of nitrogen functional groups attached to an aromatic ring is 1. The van der Waals surface area contributed by atoms with E-state index in [1.807, 2.05) is 21.9 Å². The summed E-state index contributed by atoms with van der Waals surface area (Å²) >= 11 is 0. The van der Waals surface area contributed by atoms with E-state index in [0.717, 1.165) is 47.6 Å². The Bertz CT molecular complexity index is 1730. The number of hydrogen-bond acceptors (Lipinski definition) is 5. The Morgan fingerprint density at radius 3 is 2.38 bits per heavy atom. The zero-order valence-electron chi connectivity index (χ0n) is 23.5. The molecule has 4 atom stereocenters. The molecule has 0 radical (unpaired) electrons. The molecule has 2 saturated heterocycles. The fraction of sp³-hybridized carbons (Fsp3) is 0.353. The number of nitrogens with two attached hydrogens (primary N) is 1. The molecule has 2 saturated carbocycles.